The van der Waals surface area contributed by atoms with Crippen LogP contribution in [-0.2, 0) is 4.74 Å². The lowest BCUT2D eigenvalue weighted by molar-refractivity contribution is -0.0170. The number of nitrogen functional groups attached to an aromatic ring is 1. The number of aliphatic hydroxyl groups excluding tert-OH is 1. The molecular weight excluding hydrogens is 312 g/mol. The van der Waals surface area contributed by atoms with E-state index >= 15 is 0 Å². The maximum Gasteiger partial charge on any atom is 0.254 e. The topological polar surface area (TPSA) is 75.8 Å². The summed E-state index contributed by atoms with van der Waals surface area (Å²) in [6.07, 6.45) is -0.118. The van der Waals surface area contributed by atoms with E-state index in [1.807, 2.05) is 17.5 Å². The van der Waals surface area contributed by atoms with Crippen LogP contribution in [0.5, 0.6) is 0 Å². The second-order valence-corrected chi connectivity index (χ2v) is 6.60. The molecule has 23 heavy (non-hydrogen) atoms. The number of aliphatic hydroxyl groups is 1. The molecule has 1 aliphatic heterocycles. The van der Waals surface area contributed by atoms with Crippen molar-refractivity contribution in [2.24, 2.45) is 0 Å². The van der Waals surface area contributed by atoms with E-state index < -0.39 is 6.10 Å². The van der Waals surface area contributed by atoms with Crippen LogP contribution < -0.4 is 5.73 Å². The first-order valence-electron chi connectivity index (χ1n) is 7.61. The fourth-order valence-electron chi connectivity index (χ4n) is 2.81. The van der Waals surface area contributed by atoms with Gasteiger partial charge in [-0.2, -0.15) is 0 Å². The number of rotatable bonds is 4. The van der Waals surface area contributed by atoms with Gasteiger partial charge < -0.3 is 20.5 Å². The molecule has 0 radical (unpaired) electrons. The zero-order chi connectivity index (χ0) is 16.2. The number of carbonyl (C=O) groups is 1. The van der Waals surface area contributed by atoms with Gasteiger partial charge in [0.25, 0.3) is 5.91 Å². The van der Waals surface area contributed by atoms with Crippen LogP contribution in [-0.4, -0.2) is 41.7 Å². The van der Waals surface area contributed by atoms with Crippen molar-refractivity contribution in [1.29, 1.82) is 0 Å². The molecule has 2 heterocycles. The molecule has 1 aliphatic rings. The van der Waals surface area contributed by atoms with Gasteiger partial charge in [-0.1, -0.05) is 12.1 Å². The summed E-state index contributed by atoms with van der Waals surface area (Å²) in [7, 11) is 0. The molecule has 2 aromatic rings. The molecule has 3 rings (SSSR count). The van der Waals surface area contributed by atoms with Crippen LogP contribution in [0.3, 0.4) is 0 Å². The number of nitrogens with zero attached hydrogens (tertiary/aromatic N) is 1. The molecule has 1 aromatic carbocycles. The molecule has 122 valence electrons. The second kappa shape index (κ2) is 7.12. The van der Waals surface area contributed by atoms with E-state index in [0.29, 0.717) is 37.4 Å². The summed E-state index contributed by atoms with van der Waals surface area (Å²) < 4.78 is 5.51. The Morgan fingerprint density at radius 1 is 1.43 bits per heavy atom. The van der Waals surface area contributed by atoms with Gasteiger partial charge in [-0.05, 0) is 29.6 Å². The molecule has 6 heteroatoms. The summed E-state index contributed by atoms with van der Waals surface area (Å²) in [6.45, 7) is 1.48. The summed E-state index contributed by atoms with van der Waals surface area (Å²) in [5, 5.41) is 12.3. The summed E-state index contributed by atoms with van der Waals surface area (Å²) in [6, 6.07) is 10.7. The van der Waals surface area contributed by atoms with E-state index in [1.54, 1.807) is 29.2 Å². The third kappa shape index (κ3) is 3.72. The predicted octanol–water partition coefficient (Wildman–Crippen LogP) is 2.30. The number of carbonyl (C=O) groups excluding carboxylic acids is 1. The highest BCUT2D eigenvalue weighted by molar-refractivity contribution is 7.10. The third-order valence-corrected chi connectivity index (χ3v) is 4.96. The standard InChI is InChI=1S/C17H20N2O3S/c18-13-4-1-3-12(9-13)17(21)19-6-7-22-11-14(19)10-15(20)16-5-2-8-23-16/h1-5,8-9,14-15,20H,6-7,10-11,18H2. The number of hydrogen-bond acceptors (Lipinski definition) is 5. The fourth-order valence-corrected chi connectivity index (χ4v) is 3.53. The van der Waals surface area contributed by atoms with Gasteiger partial charge in [0, 0.05) is 29.1 Å². The molecular formula is C17H20N2O3S. The number of benzene rings is 1. The van der Waals surface area contributed by atoms with Crippen LogP contribution in [0.15, 0.2) is 41.8 Å². The van der Waals surface area contributed by atoms with Crippen molar-refractivity contribution < 1.29 is 14.6 Å². The zero-order valence-corrected chi connectivity index (χ0v) is 13.5. The summed E-state index contributed by atoms with van der Waals surface area (Å²) in [4.78, 5) is 15.5. The summed E-state index contributed by atoms with van der Waals surface area (Å²) >= 11 is 1.52. The Balaban J connectivity index is 1.74. The molecule has 0 bridgehead atoms. The van der Waals surface area contributed by atoms with Gasteiger partial charge in [0.05, 0.1) is 25.4 Å². The number of thiophene rings is 1. The van der Waals surface area contributed by atoms with E-state index in [2.05, 4.69) is 0 Å². The van der Waals surface area contributed by atoms with Crippen molar-refractivity contribution in [3.8, 4) is 0 Å². The van der Waals surface area contributed by atoms with Crippen LogP contribution >= 0.6 is 11.3 Å². The number of nitrogens with two attached hydrogens (primary N) is 1. The maximum absolute atomic E-state index is 12.8. The third-order valence-electron chi connectivity index (χ3n) is 3.99. The first-order valence-corrected chi connectivity index (χ1v) is 8.49. The van der Waals surface area contributed by atoms with Gasteiger partial charge in [-0.3, -0.25) is 4.79 Å². The van der Waals surface area contributed by atoms with Crippen molar-refractivity contribution in [2.45, 2.75) is 18.6 Å². The number of morpholine rings is 1. The van der Waals surface area contributed by atoms with E-state index in [0.717, 1.165) is 4.88 Å². The molecule has 0 saturated carbocycles. The lowest BCUT2D eigenvalue weighted by atomic mass is 10.0. The van der Waals surface area contributed by atoms with Crippen molar-refractivity contribution in [3.05, 3.63) is 52.2 Å². The Labute approximate surface area is 139 Å². The van der Waals surface area contributed by atoms with Crippen molar-refractivity contribution in [2.75, 3.05) is 25.5 Å². The molecule has 1 fully saturated rings. The number of ether oxygens (including phenoxy) is 1. The van der Waals surface area contributed by atoms with Crippen LogP contribution in [0.1, 0.15) is 27.8 Å². The van der Waals surface area contributed by atoms with Gasteiger partial charge in [0.15, 0.2) is 0 Å². The van der Waals surface area contributed by atoms with E-state index in [4.69, 9.17) is 10.5 Å². The molecule has 2 atom stereocenters. The SMILES string of the molecule is Nc1cccc(C(=O)N2CCOCC2CC(O)c2cccs2)c1. The largest absolute Gasteiger partial charge is 0.399 e. The Morgan fingerprint density at radius 2 is 2.30 bits per heavy atom. The van der Waals surface area contributed by atoms with Crippen molar-refractivity contribution in [1.82, 2.24) is 4.90 Å². The van der Waals surface area contributed by atoms with Crippen LogP contribution in [0.2, 0.25) is 0 Å². The number of amides is 1. The van der Waals surface area contributed by atoms with Crippen LogP contribution in [0.25, 0.3) is 0 Å². The lowest BCUT2D eigenvalue weighted by Gasteiger charge is -2.36. The molecule has 3 N–H and O–H groups in total. The molecule has 0 aliphatic carbocycles. The van der Waals surface area contributed by atoms with Gasteiger partial charge in [-0.15, -0.1) is 11.3 Å². The van der Waals surface area contributed by atoms with Gasteiger partial charge in [0.1, 0.15) is 0 Å². The highest BCUT2D eigenvalue weighted by Crippen LogP contribution is 2.26. The van der Waals surface area contributed by atoms with E-state index in [9.17, 15) is 9.90 Å². The second-order valence-electron chi connectivity index (χ2n) is 5.62. The van der Waals surface area contributed by atoms with Gasteiger partial charge in [-0.25, -0.2) is 0 Å². The minimum absolute atomic E-state index is 0.0658. The Morgan fingerprint density at radius 3 is 3.04 bits per heavy atom. The normalized spacial score (nSPS) is 19.5. The van der Waals surface area contributed by atoms with E-state index in [1.165, 1.54) is 11.3 Å². The molecule has 0 spiro atoms. The Kier molecular flexibility index (Phi) is 4.95. The maximum atomic E-state index is 12.8. The molecule has 5 nitrogen and oxygen atoms in total. The molecule has 1 saturated heterocycles. The number of anilines is 1. The summed E-state index contributed by atoms with van der Waals surface area (Å²) in [5.41, 5.74) is 6.91. The van der Waals surface area contributed by atoms with Crippen LogP contribution in [0.4, 0.5) is 5.69 Å². The first kappa shape index (κ1) is 16.0. The minimum Gasteiger partial charge on any atom is -0.399 e. The highest BCUT2D eigenvalue weighted by Gasteiger charge is 2.30. The molecule has 2 unspecified atom stereocenters. The average Bonchev–Trinajstić information content (AvgIpc) is 3.09. The van der Waals surface area contributed by atoms with Crippen LogP contribution in [0, 0.1) is 0 Å². The fraction of sp³-hybridized carbons (Fsp3) is 0.353. The highest BCUT2D eigenvalue weighted by atomic mass is 32.1. The molecule has 1 amide bonds. The average molecular weight is 332 g/mol. The van der Waals surface area contributed by atoms with Crippen molar-refractivity contribution in [3.63, 3.8) is 0 Å². The smallest absolute Gasteiger partial charge is 0.254 e. The first-order chi connectivity index (χ1) is 11.1. The predicted molar refractivity (Wildman–Crippen MR) is 90.4 cm³/mol. The van der Waals surface area contributed by atoms with Crippen molar-refractivity contribution >= 4 is 22.9 Å². The minimum atomic E-state index is -0.585. The van der Waals surface area contributed by atoms with E-state index in [-0.39, 0.29) is 11.9 Å². The van der Waals surface area contributed by atoms with Gasteiger partial charge >= 0.3 is 0 Å². The quantitative estimate of drug-likeness (QED) is 0.843. The Bertz CT molecular complexity index is 660. The zero-order valence-electron chi connectivity index (χ0n) is 12.7. The molecule has 1 aromatic heterocycles. The Hall–Kier alpha value is -1.89. The monoisotopic (exact) mass is 332 g/mol. The number of hydrogen-bond donors (Lipinski definition) is 2. The van der Waals surface area contributed by atoms with Gasteiger partial charge in [0.2, 0.25) is 0 Å². The lowest BCUT2D eigenvalue weighted by Crippen LogP contribution is -2.49. The summed E-state index contributed by atoms with van der Waals surface area (Å²) in [5.74, 6) is -0.0658.